The standard InChI is InChI=1S/C5H11.CH3.Be/c1-3-5-4-2;;/h1,3-5H2,2H3;1H3;/q2*-1;+2. The Morgan fingerprint density at radius 1 is 1.43 bits per heavy atom. The third-order valence-electron chi connectivity index (χ3n) is 0.604. The molecule has 0 heterocycles. The molecule has 0 nitrogen and oxygen atoms in total. The summed E-state index contributed by atoms with van der Waals surface area (Å²) < 4.78 is 0. The van der Waals surface area contributed by atoms with Crippen LogP contribution in [-0.2, 0) is 0 Å². The summed E-state index contributed by atoms with van der Waals surface area (Å²) >= 11 is 0. The van der Waals surface area contributed by atoms with Gasteiger partial charge in [-0.3, -0.25) is 0 Å². The number of hydrogen-bond acceptors (Lipinski definition) is 0. The Labute approximate surface area is 51.5 Å². The Bertz CT molecular complexity index is 11.7. The molecule has 40 valence electrons. The predicted molar refractivity (Wildman–Crippen MR) is 37.0 cm³/mol. The molecule has 0 amide bonds. The summed E-state index contributed by atoms with van der Waals surface area (Å²) in [5.41, 5.74) is 0. The minimum atomic E-state index is 0. The van der Waals surface area contributed by atoms with Crippen molar-refractivity contribution in [3.05, 3.63) is 14.4 Å². The molecular weight excluding hydrogens is 81.1 g/mol. The molecule has 0 saturated heterocycles. The van der Waals surface area contributed by atoms with Crippen LogP contribution in [0.3, 0.4) is 0 Å². The molecule has 0 rings (SSSR count). The molecule has 0 aliphatic rings. The van der Waals surface area contributed by atoms with Gasteiger partial charge in [-0.05, 0) is 0 Å². The Kier molecular flexibility index (Phi) is 36.8. The first kappa shape index (κ1) is 15.7. The molecule has 0 saturated carbocycles. The van der Waals surface area contributed by atoms with Gasteiger partial charge in [-0.1, -0.05) is 19.8 Å². The molecule has 7 heavy (non-hydrogen) atoms. The molecule has 0 spiro atoms. The van der Waals surface area contributed by atoms with Crippen molar-refractivity contribution in [2.75, 3.05) is 0 Å². The van der Waals surface area contributed by atoms with Crippen molar-refractivity contribution in [3.8, 4) is 0 Å². The van der Waals surface area contributed by atoms with Gasteiger partial charge in [-0.25, -0.2) is 0 Å². The summed E-state index contributed by atoms with van der Waals surface area (Å²) in [6.45, 7) is 5.85. The van der Waals surface area contributed by atoms with Crippen LogP contribution in [0.2, 0.25) is 0 Å². The smallest absolute Gasteiger partial charge is 0.358 e. The zero-order valence-electron chi connectivity index (χ0n) is 5.54. The molecule has 1 heteroatoms. The van der Waals surface area contributed by atoms with Gasteiger partial charge in [0.2, 0.25) is 0 Å². The van der Waals surface area contributed by atoms with Crippen LogP contribution in [0.4, 0.5) is 0 Å². The quantitative estimate of drug-likeness (QED) is 0.364. The van der Waals surface area contributed by atoms with Gasteiger partial charge in [0.05, 0.1) is 0 Å². The van der Waals surface area contributed by atoms with Crippen LogP contribution < -0.4 is 0 Å². The molecule has 0 fully saturated rings. The van der Waals surface area contributed by atoms with Gasteiger partial charge < -0.3 is 14.4 Å². The first-order chi connectivity index (χ1) is 2.41. The van der Waals surface area contributed by atoms with E-state index in [0.717, 1.165) is 6.42 Å². The summed E-state index contributed by atoms with van der Waals surface area (Å²) in [6.07, 6.45) is 3.65. The predicted octanol–water partition coefficient (Wildman–Crippen LogP) is 2.08. The fourth-order valence-electron chi connectivity index (χ4n) is 0.250. The average Bonchev–Trinajstić information content (AvgIpc) is 1.41. The van der Waals surface area contributed by atoms with E-state index in [1.165, 1.54) is 12.8 Å². The van der Waals surface area contributed by atoms with Crippen molar-refractivity contribution in [3.63, 3.8) is 0 Å². The van der Waals surface area contributed by atoms with Crippen LogP contribution in [0.1, 0.15) is 26.2 Å². The Morgan fingerprint density at radius 3 is 1.86 bits per heavy atom. The normalized spacial score (nSPS) is 6.00. The Hall–Kier alpha value is 0.169. The second-order valence-corrected chi connectivity index (χ2v) is 1.21. The SMILES string of the molecule is [Be+2].[CH2-]CCCC.[CH3-]. The monoisotopic (exact) mass is 95.1 g/mol. The average molecular weight is 95.2 g/mol. The summed E-state index contributed by atoms with van der Waals surface area (Å²) in [5, 5.41) is 0. The van der Waals surface area contributed by atoms with E-state index in [2.05, 4.69) is 13.8 Å². The van der Waals surface area contributed by atoms with E-state index in [1.54, 1.807) is 0 Å². The fraction of sp³-hybridized carbons (Fsp3) is 0.667. The third-order valence-corrected chi connectivity index (χ3v) is 0.604. The van der Waals surface area contributed by atoms with Crippen molar-refractivity contribution in [1.29, 1.82) is 0 Å². The second kappa shape index (κ2) is 16.4. The molecule has 0 atom stereocenters. The van der Waals surface area contributed by atoms with Crippen LogP contribution in [0.15, 0.2) is 0 Å². The Morgan fingerprint density at radius 2 is 1.86 bits per heavy atom. The first-order valence-corrected chi connectivity index (χ1v) is 2.21. The maximum atomic E-state index is 3.68. The second-order valence-electron chi connectivity index (χ2n) is 1.21. The molecule has 0 aromatic carbocycles. The largest absolute Gasteiger partial charge is 2.00 e. The minimum Gasteiger partial charge on any atom is -0.358 e. The van der Waals surface area contributed by atoms with E-state index in [1.807, 2.05) is 0 Å². The van der Waals surface area contributed by atoms with Gasteiger partial charge in [-0.15, -0.1) is 0 Å². The van der Waals surface area contributed by atoms with E-state index in [-0.39, 0.29) is 17.5 Å². The van der Waals surface area contributed by atoms with Crippen molar-refractivity contribution < 1.29 is 0 Å². The molecule has 0 bridgehead atoms. The van der Waals surface area contributed by atoms with Crippen molar-refractivity contribution in [1.82, 2.24) is 0 Å². The van der Waals surface area contributed by atoms with Crippen LogP contribution >= 0.6 is 0 Å². The van der Waals surface area contributed by atoms with Crippen LogP contribution in [0.5, 0.6) is 0 Å². The van der Waals surface area contributed by atoms with E-state index < -0.39 is 0 Å². The molecule has 0 radical (unpaired) electrons. The zero-order valence-corrected chi connectivity index (χ0v) is 5.54. The van der Waals surface area contributed by atoms with E-state index >= 15 is 0 Å². The summed E-state index contributed by atoms with van der Waals surface area (Å²) in [7, 11) is 0. The number of unbranched alkanes of at least 4 members (excludes halogenated alkanes) is 2. The van der Waals surface area contributed by atoms with Crippen LogP contribution in [0, 0.1) is 14.4 Å². The number of rotatable bonds is 2. The summed E-state index contributed by atoms with van der Waals surface area (Å²) in [4.78, 5) is 0. The molecular formula is C6H14Be. The molecule has 0 aliphatic heterocycles. The van der Waals surface area contributed by atoms with Crippen molar-refractivity contribution >= 4 is 10.1 Å². The fourth-order valence-corrected chi connectivity index (χ4v) is 0.250. The van der Waals surface area contributed by atoms with Gasteiger partial charge in [0.15, 0.2) is 0 Å². The van der Waals surface area contributed by atoms with E-state index in [9.17, 15) is 0 Å². The maximum Gasteiger partial charge on any atom is 2.00 e. The summed E-state index contributed by atoms with van der Waals surface area (Å²) in [6, 6.07) is 0. The van der Waals surface area contributed by atoms with Crippen LogP contribution in [0.25, 0.3) is 0 Å². The Balaban J connectivity index is -0.0000000800. The maximum absolute atomic E-state index is 3.68. The first-order valence-electron chi connectivity index (χ1n) is 2.21. The molecule has 0 N–H and O–H groups in total. The van der Waals surface area contributed by atoms with Gasteiger partial charge in [0.25, 0.3) is 0 Å². The van der Waals surface area contributed by atoms with Crippen molar-refractivity contribution in [2.45, 2.75) is 26.2 Å². The third kappa shape index (κ3) is 22.8. The minimum absolute atomic E-state index is 0. The topological polar surface area (TPSA) is 0 Å². The molecule has 0 aromatic heterocycles. The van der Waals surface area contributed by atoms with E-state index in [4.69, 9.17) is 0 Å². The van der Waals surface area contributed by atoms with E-state index in [0.29, 0.717) is 0 Å². The summed E-state index contributed by atoms with van der Waals surface area (Å²) in [5.74, 6) is 0. The van der Waals surface area contributed by atoms with Gasteiger partial charge in [0, 0.05) is 0 Å². The molecule has 0 unspecified atom stereocenters. The zero-order chi connectivity index (χ0) is 4.12. The van der Waals surface area contributed by atoms with Crippen molar-refractivity contribution in [2.24, 2.45) is 0 Å². The van der Waals surface area contributed by atoms with Gasteiger partial charge in [0.1, 0.15) is 0 Å². The number of hydrogen-bond donors (Lipinski definition) is 0. The molecule has 0 aromatic rings. The van der Waals surface area contributed by atoms with Crippen LogP contribution in [-0.4, -0.2) is 10.1 Å². The van der Waals surface area contributed by atoms with Gasteiger partial charge in [-0.2, -0.15) is 6.42 Å². The van der Waals surface area contributed by atoms with Gasteiger partial charge >= 0.3 is 10.1 Å². The molecule has 0 aliphatic carbocycles.